The average molecular weight is 323 g/mol. The molecule has 1 N–H and O–H groups in total. The lowest BCUT2D eigenvalue weighted by molar-refractivity contribution is -0.173. The van der Waals surface area contributed by atoms with Crippen molar-refractivity contribution in [2.75, 3.05) is 26.4 Å². The fourth-order valence-corrected chi connectivity index (χ4v) is 1.49. The van der Waals surface area contributed by atoms with Crippen LogP contribution in [0.15, 0.2) is 24.3 Å². The van der Waals surface area contributed by atoms with Crippen LogP contribution in [0.5, 0.6) is 5.75 Å². The summed E-state index contributed by atoms with van der Waals surface area (Å²) in [5, 5.41) is 2.44. The maximum absolute atomic E-state index is 12.6. The zero-order valence-corrected chi connectivity index (χ0v) is 11.8. The number of hydrogen-bond donors (Lipinski definition) is 1. The molecule has 0 aliphatic carbocycles. The minimum Gasteiger partial charge on any atom is -0.494 e. The highest BCUT2D eigenvalue weighted by Crippen LogP contribution is 2.14. The molecule has 1 amide bonds. The number of nitrogens with one attached hydrogen (secondary N) is 1. The molecule has 8 heteroatoms. The predicted molar refractivity (Wildman–Crippen MR) is 71.0 cm³/mol. The number of alkyl halides is 3. The number of benzene rings is 1. The van der Waals surface area contributed by atoms with Crippen molar-refractivity contribution in [3.63, 3.8) is 0 Å². The van der Waals surface area contributed by atoms with Crippen LogP contribution in [0.4, 0.5) is 17.6 Å². The normalized spacial score (nSPS) is 11.3. The summed E-state index contributed by atoms with van der Waals surface area (Å²) in [5.41, 5.74) is 0. The summed E-state index contributed by atoms with van der Waals surface area (Å²) in [7, 11) is 0. The summed E-state index contributed by atoms with van der Waals surface area (Å²) in [6, 6.07) is 5.49. The topological polar surface area (TPSA) is 47.6 Å². The number of ether oxygens (including phenoxy) is 2. The van der Waals surface area contributed by atoms with E-state index in [1.165, 1.54) is 24.3 Å². The minimum absolute atomic E-state index is 0.0216. The Morgan fingerprint density at radius 1 is 1.14 bits per heavy atom. The molecule has 0 spiro atoms. The first kappa shape index (κ1) is 18.2. The molecule has 4 nitrogen and oxygen atoms in total. The Labute approximate surface area is 125 Å². The van der Waals surface area contributed by atoms with Crippen molar-refractivity contribution in [2.45, 2.75) is 19.0 Å². The van der Waals surface area contributed by atoms with E-state index in [9.17, 15) is 22.4 Å². The molecular formula is C14H17F4NO3. The molecule has 22 heavy (non-hydrogen) atoms. The second-order valence-corrected chi connectivity index (χ2v) is 4.42. The van der Waals surface area contributed by atoms with Crippen molar-refractivity contribution in [2.24, 2.45) is 0 Å². The molecular weight excluding hydrogens is 306 g/mol. The zero-order chi connectivity index (χ0) is 16.4. The van der Waals surface area contributed by atoms with Gasteiger partial charge in [0.2, 0.25) is 5.91 Å². The van der Waals surface area contributed by atoms with E-state index in [1.807, 2.05) is 0 Å². The first-order chi connectivity index (χ1) is 10.4. The van der Waals surface area contributed by atoms with Crippen molar-refractivity contribution < 1.29 is 31.8 Å². The fourth-order valence-electron chi connectivity index (χ4n) is 1.49. The van der Waals surface area contributed by atoms with Crippen molar-refractivity contribution in [1.82, 2.24) is 5.32 Å². The van der Waals surface area contributed by atoms with Gasteiger partial charge in [-0.1, -0.05) is 0 Å². The second kappa shape index (κ2) is 9.24. The van der Waals surface area contributed by atoms with Crippen molar-refractivity contribution >= 4 is 5.91 Å². The van der Waals surface area contributed by atoms with Gasteiger partial charge in [0.25, 0.3) is 0 Å². The van der Waals surface area contributed by atoms with Gasteiger partial charge < -0.3 is 14.8 Å². The maximum atomic E-state index is 12.6. The van der Waals surface area contributed by atoms with Gasteiger partial charge in [0, 0.05) is 13.0 Å². The standard InChI is InChI=1S/C14H17F4NO3/c15-11-3-5-12(6-4-11)22-8-1-2-13(20)19-7-9-21-10-14(16,17)18/h3-6H,1-2,7-10H2,(H,19,20). The molecule has 124 valence electrons. The van der Waals surface area contributed by atoms with E-state index in [0.717, 1.165) is 0 Å². The number of halogens is 4. The Kier molecular flexibility index (Phi) is 7.65. The van der Waals surface area contributed by atoms with E-state index in [1.54, 1.807) is 0 Å². The van der Waals surface area contributed by atoms with Gasteiger partial charge in [-0.25, -0.2) is 4.39 Å². The van der Waals surface area contributed by atoms with E-state index in [2.05, 4.69) is 10.1 Å². The van der Waals surface area contributed by atoms with E-state index >= 15 is 0 Å². The quantitative estimate of drug-likeness (QED) is 0.561. The molecule has 0 unspecified atom stereocenters. The Bertz CT molecular complexity index is 448. The maximum Gasteiger partial charge on any atom is 0.411 e. The second-order valence-electron chi connectivity index (χ2n) is 4.42. The van der Waals surface area contributed by atoms with Gasteiger partial charge in [0.1, 0.15) is 18.2 Å². The van der Waals surface area contributed by atoms with Gasteiger partial charge in [-0.2, -0.15) is 13.2 Å². The van der Waals surface area contributed by atoms with E-state index in [-0.39, 0.29) is 37.9 Å². The van der Waals surface area contributed by atoms with Crippen LogP contribution in [0.2, 0.25) is 0 Å². The van der Waals surface area contributed by atoms with Gasteiger partial charge >= 0.3 is 6.18 Å². The molecule has 0 bridgehead atoms. The number of hydrogen-bond acceptors (Lipinski definition) is 3. The summed E-state index contributed by atoms with van der Waals surface area (Å²) in [5.74, 6) is -0.153. The smallest absolute Gasteiger partial charge is 0.411 e. The molecule has 0 aromatic heterocycles. The molecule has 0 atom stereocenters. The van der Waals surface area contributed by atoms with Crippen LogP contribution >= 0.6 is 0 Å². The number of rotatable bonds is 9. The Morgan fingerprint density at radius 3 is 2.45 bits per heavy atom. The van der Waals surface area contributed by atoms with Gasteiger partial charge in [0.05, 0.1) is 13.2 Å². The third kappa shape index (κ3) is 9.17. The molecule has 1 rings (SSSR count). The van der Waals surface area contributed by atoms with Crippen LogP contribution < -0.4 is 10.1 Å². The van der Waals surface area contributed by atoms with E-state index in [4.69, 9.17) is 4.74 Å². The SMILES string of the molecule is O=C(CCCOc1ccc(F)cc1)NCCOCC(F)(F)F. The molecule has 0 heterocycles. The third-order valence-corrected chi connectivity index (χ3v) is 2.46. The molecule has 1 aromatic carbocycles. The number of carbonyl (C=O) groups is 1. The highest BCUT2D eigenvalue weighted by molar-refractivity contribution is 5.75. The summed E-state index contributed by atoms with van der Waals surface area (Å²) < 4.78 is 57.6. The predicted octanol–water partition coefficient (Wildman–Crippen LogP) is 2.68. The first-order valence-corrected chi connectivity index (χ1v) is 6.66. The van der Waals surface area contributed by atoms with Crippen LogP contribution in [0.25, 0.3) is 0 Å². The van der Waals surface area contributed by atoms with Gasteiger partial charge in [0.15, 0.2) is 0 Å². The molecule has 0 radical (unpaired) electrons. The van der Waals surface area contributed by atoms with Crippen molar-refractivity contribution in [1.29, 1.82) is 0 Å². The van der Waals surface area contributed by atoms with Crippen LogP contribution in [0, 0.1) is 5.82 Å². The average Bonchev–Trinajstić information content (AvgIpc) is 2.44. The largest absolute Gasteiger partial charge is 0.494 e. The van der Waals surface area contributed by atoms with Crippen LogP contribution in [0.3, 0.4) is 0 Å². The Morgan fingerprint density at radius 2 is 1.82 bits per heavy atom. The van der Waals surface area contributed by atoms with Gasteiger partial charge in [-0.15, -0.1) is 0 Å². The van der Waals surface area contributed by atoms with Gasteiger partial charge in [-0.05, 0) is 30.7 Å². The summed E-state index contributed by atoms with van der Waals surface area (Å²) in [4.78, 5) is 11.4. The van der Waals surface area contributed by atoms with Crippen LogP contribution in [-0.4, -0.2) is 38.4 Å². The lowest BCUT2D eigenvalue weighted by Crippen LogP contribution is -2.28. The molecule has 1 aromatic rings. The molecule has 0 aliphatic rings. The Balaban J connectivity index is 2.00. The highest BCUT2D eigenvalue weighted by atomic mass is 19.4. The molecule has 0 saturated heterocycles. The Hall–Kier alpha value is -1.83. The van der Waals surface area contributed by atoms with Gasteiger partial charge in [-0.3, -0.25) is 4.79 Å². The van der Waals surface area contributed by atoms with Crippen LogP contribution in [0.1, 0.15) is 12.8 Å². The summed E-state index contributed by atoms with van der Waals surface area (Å²) in [6.07, 6.45) is -3.74. The highest BCUT2D eigenvalue weighted by Gasteiger charge is 2.27. The minimum atomic E-state index is -4.36. The lowest BCUT2D eigenvalue weighted by atomic mass is 10.3. The third-order valence-electron chi connectivity index (χ3n) is 2.46. The number of carbonyl (C=O) groups excluding carboxylic acids is 1. The summed E-state index contributed by atoms with van der Waals surface area (Å²) in [6.45, 7) is -1.22. The number of amides is 1. The zero-order valence-electron chi connectivity index (χ0n) is 11.8. The van der Waals surface area contributed by atoms with E-state index < -0.39 is 12.8 Å². The van der Waals surface area contributed by atoms with E-state index in [0.29, 0.717) is 12.2 Å². The fraction of sp³-hybridized carbons (Fsp3) is 0.500. The first-order valence-electron chi connectivity index (χ1n) is 6.66. The van der Waals surface area contributed by atoms with Crippen molar-refractivity contribution in [3.8, 4) is 5.75 Å². The summed E-state index contributed by atoms with van der Waals surface area (Å²) >= 11 is 0. The monoisotopic (exact) mass is 323 g/mol. The van der Waals surface area contributed by atoms with Crippen LogP contribution in [-0.2, 0) is 9.53 Å². The van der Waals surface area contributed by atoms with Crippen molar-refractivity contribution in [3.05, 3.63) is 30.1 Å². The molecule has 0 fully saturated rings. The molecule has 0 aliphatic heterocycles. The lowest BCUT2D eigenvalue weighted by Gasteiger charge is -2.09. The molecule has 0 saturated carbocycles.